The van der Waals surface area contributed by atoms with Crippen LogP contribution in [0.3, 0.4) is 0 Å². The van der Waals surface area contributed by atoms with Gasteiger partial charge in [-0.15, -0.1) is 4.91 Å². The Balaban J connectivity index is 2.56. The lowest BCUT2D eigenvalue weighted by Gasteiger charge is -2.13. The molecule has 0 bridgehead atoms. The molecule has 0 saturated heterocycles. The van der Waals surface area contributed by atoms with Gasteiger partial charge in [0.2, 0.25) is 0 Å². The van der Waals surface area contributed by atoms with Crippen molar-refractivity contribution in [2.45, 2.75) is 39.5 Å². The van der Waals surface area contributed by atoms with Gasteiger partial charge in [0.15, 0.2) is 0 Å². The predicted octanol–water partition coefficient (Wildman–Crippen LogP) is 3.70. The van der Waals surface area contributed by atoms with Crippen molar-refractivity contribution in [3.05, 3.63) is 40.3 Å². The number of rotatable bonds is 7. The van der Waals surface area contributed by atoms with Crippen molar-refractivity contribution in [2.75, 3.05) is 6.54 Å². The molecule has 0 atom stereocenters. The largest absolute Gasteiger partial charge is 0.276 e. The highest BCUT2D eigenvalue weighted by atomic mass is 16.3. The minimum Gasteiger partial charge on any atom is -0.267 e. The number of nitroso groups, excluding NO2 is 1. The maximum atomic E-state index is 12.0. The summed E-state index contributed by atoms with van der Waals surface area (Å²) in [6.07, 6.45) is 4.08. The molecule has 18 heavy (non-hydrogen) atoms. The molecule has 0 spiro atoms. The molecule has 0 saturated carbocycles. The quantitative estimate of drug-likeness (QED) is 0.419. The summed E-state index contributed by atoms with van der Waals surface area (Å²) >= 11 is 0. The van der Waals surface area contributed by atoms with Crippen molar-refractivity contribution in [3.63, 3.8) is 0 Å². The van der Waals surface area contributed by atoms with E-state index in [1.165, 1.54) is 0 Å². The van der Waals surface area contributed by atoms with Crippen LogP contribution >= 0.6 is 0 Å². The van der Waals surface area contributed by atoms with Crippen molar-refractivity contribution in [2.24, 2.45) is 5.29 Å². The summed E-state index contributed by atoms with van der Waals surface area (Å²) in [7, 11) is 0. The third-order valence-corrected chi connectivity index (χ3v) is 2.85. The molecule has 0 aliphatic rings. The van der Waals surface area contributed by atoms with Crippen LogP contribution in [0.4, 0.5) is 0 Å². The first kappa shape index (κ1) is 14.4. The van der Waals surface area contributed by atoms with Gasteiger partial charge in [-0.3, -0.25) is 4.79 Å². The van der Waals surface area contributed by atoms with E-state index in [1.807, 2.05) is 19.1 Å². The second-order valence-electron chi connectivity index (χ2n) is 4.44. The van der Waals surface area contributed by atoms with Crippen LogP contribution in [0.15, 0.2) is 29.6 Å². The monoisotopic (exact) mass is 248 g/mol. The number of nitrogens with zero attached hydrogens (tertiary/aromatic N) is 2. The predicted molar refractivity (Wildman–Crippen MR) is 72.2 cm³/mol. The number of amides is 1. The normalized spacial score (nSPS) is 10.1. The van der Waals surface area contributed by atoms with E-state index in [0.29, 0.717) is 12.1 Å². The number of aryl methyl sites for hydroxylation is 1. The van der Waals surface area contributed by atoms with Gasteiger partial charge < -0.3 is 0 Å². The minimum atomic E-state index is -0.318. The average Bonchev–Trinajstić information content (AvgIpc) is 2.39. The van der Waals surface area contributed by atoms with Crippen molar-refractivity contribution in [1.29, 1.82) is 0 Å². The van der Waals surface area contributed by atoms with Crippen molar-refractivity contribution in [1.82, 2.24) is 5.01 Å². The fourth-order valence-electron chi connectivity index (χ4n) is 1.71. The number of hydrogen-bond acceptors (Lipinski definition) is 3. The number of benzene rings is 1. The third kappa shape index (κ3) is 4.28. The number of carbonyl (C=O) groups is 1. The second kappa shape index (κ2) is 7.58. The standard InChI is InChI=1S/C14H20N2O2/c1-3-4-5-6-11-16(15-18)14(17)13-9-7-12(2)8-10-13/h7-10H,3-6,11H2,1-2H3. The van der Waals surface area contributed by atoms with Crippen LogP contribution in [0, 0.1) is 11.8 Å². The minimum absolute atomic E-state index is 0.318. The lowest BCUT2D eigenvalue weighted by molar-refractivity contribution is 0.0754. The molecule has 4 heteroatoms. The summed E-state index contributed by atoms with van der Waals surface area (Å²) in [4.78, 5) is 22.7. The molecule has 1 rings (SSSR count). The number of carbonyl (C=O) groups excluding carboxylic acids is 1. The van der Waals surface area contributed by atoms with Gasteiger partial charge in [0.25, 0.3) is 5.91 Å². The summed E-state index contributed by atoms with van der Waals surface area (Å²) in [5.74, 6) is -0.318. The SMILES string of the molecule is CCCCCCN(N=O)C(=O)c1ccc(C)cc1. The zero-order valence-electron chi connectivity index (χ0n) is 11.1. The molecule has 0 aliphatic carbocycles. The molecule has 1 amide bonds. The first-order valence-electron chi connectivity index (χ1n) is 6.41. The molecule has 0 N–H and O–H groups in total. The van der Waals surface area contributed by atoms with Gasteiger partial charge in [-0.2, -0.15) is 5.01 Å². The molecule has 98 valence electrons. The summed E-state index contributed by atoms with van der Waals surface area (Å²) in [6.45, 7) is 4.47. The maximum Gasteiger partial charge on any atom is 0.276 e. The first-order chi connectivity index (χ1) is 8.69. The zero-order chi connectivity index (χ0) is 13.4. The van der Waals surface area contributed by atoms with Crippen LogP contribution in [-0.2, 0) is 0 Å². The van der Waals surface area contributed by atoms with Crippen molar-refractivity contribution >= 4 is 5.91 Å². The van der Waals surface area contributed by atoms with E-state index in [0.717, 1.165) is 36.3 Å². The van der Waals surface area contributed by atoms with Gasteiger partial charge >= 0.3 is 0 Å². The van der Waals surface area contributed by atoms with Gasteiger partial charge in [0.1, 0.15) is 0 Å². The summed E-state index contributed by atoms with van der Waals surface area (Å²) in [5, 5.41) is 3.83. The molecular formula is C14H20N2O2. The van der Waals surface area contributed by atoms with Crippen LogP contribution in [0.5, 0.6) is 0 Å². The lowest BCUT2D eigenvalue weighted by atomic mass is 10.1. The smallest absolute Gasteiger partial charge is 0.267 e. The van der Waals surface area contributed by atoms with Crippen molar-refractivity contribution in [3.8, 4) is 0 Å². The molecule has 0 aromatic heterocycles. The Morgan fingerprint density at radius 1 is 1.17 bits per heavy atom. The van der Waals surface area contributed by atoms with Gasteiger partial charge in [-0.25, -0.2) is 0 Å². The third-order valence-electron chi connectivity index (χ3n) is 2.85. The Hall–Kier alpha value is -1.71. The molecule has 0 radical (unpaired) electrons. The Bertz CT molecular complexity index is 387. The second-order valence-corrected chi connectivity index (χ2v) is 4.44. The highest BCUT2D eigenvalue weighted by molar-refractivity contribution is 5.93. The topological polar surface area (TPSA) is 49.7 Å². The Morgan fingerprint density at radius 3 is 2.39 bits per heavy atom. The van der Waals surface area contributed by atoms with Crippen LogP contribution in [0.2, 0.25) is 0 Å². The zero-order valence-corrected chi connectivity index (χ0v) is 11.1. The highest BCUT2D eigenvalue weighted by Gasteiger charge is 2.15. The van der Waals surface area contributed by atoms with Gasteiger partial charge in [0, 0.05) is 12.1 Å². The molecule has 1 aromatic carbocycles. The molecule has 0 fully saturated rings. The molecule has 0 heterocycles. The average molecular weight is 248 g/mol. The van der Waals surface area contributed by atoms with Crippen LogP contribution < -0.4 is 0 Å². The maximum absolute atomic E-state index is 12.0. The Morgan fingerprint density at radius 2 is 1.83 bits per heavy atom. The fourth-order valence-corrected chi connectivity index (χ4v) is 1.71. The first-order valence-corrected chi connectivity index (χ1v) is 6.41. The molecule has 0 aliphatic heterocycles. The van der Waals surface area contributed by atoms with Gasteiger partial charge in [-0.05, 0) is 25.5 Å². The van der Waals surface area contributed by atoms with E-state index in [1.54, 1.807) is 12.1 Å². The summed E-state index contributed by atoms with van der Waals surface area (Å²) in [5.41, 5.74) is 1.59. The molecule has 4 nitrogen and oxygen atoms in total. The molecule has 0 unspecified atom stereocenters. The van der Waals surface area contributed by atoms with E-state index < -0.39 is 0 Å². The summed E-state index contributed by atoms with van der Waals surface area (Å²) < 4.78 is 0. The van der Waals surface area contributed by atoms with E-state index >= 15 is 0 Å². The number of hydrogen-bond donors (Lipinski definition) is 0. The fraction of sp³-hybridized carbons (Fsp3) is 0.500. The molecular weight excluding hydrogens is 228 g/mol. The van der Waals surface area contributed by atoms with E-state index in [-0.39, 0.29) is 5.91 Å². The van der Waals surface area contributed by atoms with Gasteiger partial charge in [-0.1, -0.05) is 43.9 Å². The van der Waals surface area contributed by atoms with Crippen molar-refractivity contribution < 1.29 is 4.79 Å². The van der Waals surface area contributed by atoms with Gasteiger partial charge in [0.05, 0.1) is 5.29 Å². The van der Waals surface area contributed by atoms with E-state index in [4.69, 9.17) is 0 Å². The number of unbranched alkanes of at least 4 members (excludes halogenated alkanes) is 3. The lowest BCUT2D eigenvalue weighted by Crippen LogP contribution is -2.26. The summed E-state index contributed by atoms with van der Waals surface area (Å²) in [6, 6.07) is 7.16. The Labute approximate surface area is 108 Å². The highest BCUT2D eigenvalue weighted by Crippen LogP contribution is 2.09. The van der Waals surface area contributed by atoms with Crippen LogP contribution in [0.25, 0.3) is 0 Å². The Kier molecular flexibility index (Phi) is 6.05. The molecule has 1 aromatic rings. The van der Waals surface area contributed by atoms with E-state index in [9.17, 15) is 9.70 Å². The van der Waals surface area contributed by atoms with Crippen LogP contribution in [-0.4, -0.2) is 17.5 Å². The van der Waals surface area contributed by atoms with Crippen LogP contribution in [0.1, 0.15) is 48.5 Å². The van der Waals surface area contributed by atoms with E-state index in [2.05, 4.69) is 12.2 Å².